The molecule has 1 aliphatic heterocycles. The van der Waals surface area contributed by atoms with Crippen molar-refractivity contribution in [3.05, 3.63) is 17.5 Å². The topological polar surface area (TPSA) is 107 Å². The Labute approximate surface area is 180 Å². The smallest absolute Gasteiger partial charge is 0.308 e. The molecule has 0 aromatic carbocycles. The number of hydrogen-bond donors (Lipinski definition) is 0. The molecule has 0 spiro atoms. The summed E-state index contributed by atoms with van der Waals surface area (Å²) in [6.07, 6.45) is 0.274. The molecule has 0 N–H and O–H groups in total. The minimum absolute atomic E-state index is 0.0397. The van der Waals surface area contributed by atoms with Crippen LogP contribution in [-0.2, 0) is 25.8 Å². The number of alkyl halides is 2. The van der Waals surface area contributed by atoms with Gasteiger partial charge in [-0.05, 0) is 33.6 Å². The highest BCUT2D eigenvalue weighted by atomic mass is 32.2. The van der Waals surface area contributed by atoms with Gasteiger partial charge in [0, 0.05) is 38.5 Å². The fourth-order valence-corrected chi connectivity index (χ4v) is 5.31. The van der Waals surface area contributed by atoms with Crippen LogP contribution in [0.1, 0.15) is 68.9 Å². The third kappa shape index (κ3) is 5.55. The molecule has 2 heterocycles. The highest BCUT2D eigenvalue weighted by molar-refractivity contribution is 7.91. The normalized spacial score (nSPS) is 19.8. The minimum Gasteiger partial charge on any atom is -0.460 e. The van der Waals surface area contributed by atoms with E-state index in [0.717, 1.165) is 0 Å². The highest BCUT2D eigenvalue weighted by Crippen LogP contribution is 2.37. The van der Waals surface area contributed by atoms with Crippen LogP contribution in [0.5, 0.6) is 0 Å². The van der Waals surface area contributed by atoms with Gasteiger partial charge in [-0.1, -0.05) is 0 Å². The van der Waals surface area contributed by atoms with Crippen molar-refractivity contribution in [3.8, 4) is 0 Å². The van der Waals surface area contributed by atoms with Crippen LogP contribution in [-0.4, -0.2) is 65.0 Å². The number of sulfone groups is 1. The largest absolute Gasteiger partial charge is 0.460 e. The van der Waals surface area contributed by atoms with Crippen molar-refractivity contribution in [2.75, 3.05) is 13.1 Å². The van der Waals surface area contributed by atoms with Crippen molar-refractivity contribution in [2.45, 2.75) is 81.2 Å². The number of ether oxygens (including phenoxy) is 1. The summed E-state index contributed by atoms with van der Waals surface area (Å²) >= 11 is 0. The van der Waals surface area contributed by atoms with E-state index < -0.39 is 50.6 Å². The Kier molecular flexibility index (Phi) is 6.37. The molecule has 31 heavy (non-hydrogen) atoms. The van der Waals surface area contributed by atoms with E-state index in [1.54, 1.807) is 20.8 Å². The molecule has 2 aliphatic rings. The van der Waals surface area contributed by atoms with E-state index in [4.69, 9.17) is 4.74 Å². The van der Waals surface area contributed by atoms with Gasteiger partial charge < -0.3 is 9.64 Å². The molecule has 11 heteroatoms. The summed E-state index contributed by atoms with van der Waals surface area (Å²) in [5.41, 5.74) is -0.114. The second-order valence-electron chi connectivity index (χ2n) is 8.99. The molecule has 0 unspecified atom stereocenters. The number of fused-ring (bicyclic) bond motifs is 1. The number of hydrogen-bond acceptors (Lipinski definition) is 7. The number of nitrogens with zero attached hydrogens (tertiary/aromatic N) is 3. The molecule has 1 fully saturated rings. The van der Waals surface area contributed by atoms with Gasteiger partial charge in [-0.3, -0.25) is 9.59 Å². The zero-order valence-corrected chi connectivity index (χ0v) is 18.7. The Morgan fingerprint density at radius 3 is 2.55 bits per heavy atom. The SMILES string of the molecule is CC(C)(C)OC(=O)CCN1CCc2nc(S(=O)(=O)C3CCC(F)(F)CC3)ncc2C1=O. The molecule has 8 nitrogen and oxygen atoms in total. The maximum atomic E-state index is 13.4. The zero-order chi connectivity index (χ0) is 23.0. The first kappa shape index (κ1) is 23.5. The van der Waals surface area contributed by atoms with Gasteiger partial charge >= 0.3 is 5.97 Å². The zero-order valence-electron chi connectivity index (χ0n) is 17.9. The van der Waals surface area contributed by atoms with Crippen LogP contribution in [0, 0.1) is 0 Å². The first-order valence-electron chi connectivity index (χ1n) is 10.3. The van der Waals surface area contributed by atoms with Crippen molar-refractivity contribution in [1.82, 2.24) is 14.9 Å². The number of rotatable bonds is 5. The van der Waals surface area contributed by atoms with Crippen molar-refractivity contribution in [3.63, 3.8) is 0 Å². The average Bonchev–Trinajstić information content (AvgIpc) is 2.65. The third-order valence-electron chi connectivity index (χ3n) is 5.35. The molecular formula is C20H27F2N3O5S. The Bertz CT molecular complexity index is 966. The summed E-state index contributed by atoms with van der Waals surface area (Å²) in [7, 11) is -3.96. The van der Waals surface area contributed by atoms with E-state index in [9.17, 15) is 26.8 Å². The maximum absolute atomic E-state index is 13.4. The molecule has 1 aromatic rings. The second kappa shape index (κ2) is 8.40. The molecule has 172 valence electrons. The van der Waals surface area contributed by atoms with Gasteiger partial charge in [0.15, 0.2) is 0 Å². The number of carbonyl (C=O) groups is 2. The lowest BCUT2D eigenvalue weighted by Gasteiger charge is -2.29. The van der Waals surface area contributed by atoms with Crippen LogP contribution < -0.4 is 0 Å². The van der Waals surface area contributed by atoms with E-state index in [2.05, 4.69) is 9.97 Å². The third-order valence-corrected chi connectivity index (χ3v) is 7.40. The molecule has 0 radical (unpaired) electrons. The van der Waals surface area contributed by atoms with E-state index in [0.29, 0.717) is 12.1 Å². The van der Waals surface area contributed by atoms with Gasteiger partial charge in [0.05, 0.1) is 22.9 Å². The van der Waals surface area contributed by atoms with Crippen LogP contribution in [0.3, 0.4) is 0 Å². The quantitative estimate of drug-likeness (QED) is 0.492. The van der Waals surface area contributed by atoms with Gasteiger partial charge in [0.25, 0.3) is 5.91 Å². The summed E-state index contributed by atoms with van der Waals surface area (Å²) in [5.74, 6) is -3.63. The molecule has 0 bridgehead atoms. The molecule has 1 aliphatic carbocycles. The number of amides is 1. The van der Waals surface area contributed by atoms with Crippen LogP contribution in [0.4, 0.5) is 8.78 Å². The predicted molar refractivity (Wildman–Crippen MR) is 106 cm³/mol. The summed E-state index contributed by atoms with van der Waals surface area (Å²) < 4.78 is 57.6. The van der Waals surface area contributed by atoms with E-state index in [-0.39, 0.29) is 43.8 Å². The first-order chi connectivity index (χ1) is 14.3. The van der Waals surface area contributed by atoms with Crippen LogP contribution in [0.15, 0.2) is 11.4 Å². The molecule has 1 aromatic heterocycles. The lowest BCUT2D eigenvalue weighted by Crippen LogP contribution is -2.40. The number of esters is 1. The van der Waals surface area contributed by atoms with Crippen LogP contribution in [0.2, 0.25) is 0 Å². The van der Waals surface area contributed by atoms with Crippen molar-refractivity contribution < 1.29 is 31.5 Å². The predicted octanol–water partition coefficient (Wildman–Crippen LogP) is 2.56. The van der Waals surface area contributed by atoms with Crippen molar-refractivity contribution in [2.24, 2.45) is 0 Å². The summed E-state index contributed by atoms with van der Waals surface area (Å²) in [6, 6.07) is 0. The number of aromatic nitrogens is 2. The lowest BCUT2D eigenvalue weighted by molar-refractivity contribution is -0.155. The van der Waals surface area contributed by atoms with Gasteiger partial charge in [-0.15, -0.1) is 0 Å². The highest BCUT2D eigenvalue weighted by Gasteiger charge is 2.41. The Hall–Kier alpha value is -2.17. The molecule has 1 amide bonds. The second-order valence-corrected chi connectivity index (χ2v) is 11.1. The molecule has 0 saturated heterocycles. The molecular weight excluding hydrogens is 432 g/mol. The molecule has 1 saturated carbocycles. The summed E-state index contributed by atoms with van der Waals surface area (Å²) in [4.78, 5) is 34.1. The van der Waals surface area contributed by atoms with E-state index in [1.807, 2.05) is 0 Å². The summed E-state index contributed by atoms with van der Waals surface area (Å²) in [6.45, 7) is 5.73. The molecule has 0 atom stereocenters. The first-order valence-corrected chi connectivity index (χ1v) is 11.8. The van der Waals surface area contributed by atoms with Crippen molar-refractivity contribution >= 4 is 21.7 Å². The van der Waals surface area contributed by atoms with E-state index in [1.165, 1.54) is 11.1 Å². The average molecular weight is 460 g/mol. The van der Waals surface area contributed by atoms with Gasteiger partial charge in [0.1, 0.15) is 5.60 Å². The molecule has 3 rings (SSSR count). The van der Waals surface area contributed by atoms with E-state index >= 15 is 0 Å². The Morgan fingerprint density at radius 2 is 1.94 bits per heavy atom. The fourth-order valence-electron chi connectivity index (χ4n) is 3.72. The minimum atomic E-state index is -3.96. The Balaban J connectivity index is 1.68. The van der Waals surface area contributed by atoms with Gasteiger partial charge in [-0.25, -0.2) is 27.2 Å². The standard InChI is InChI=1S/C20H27F2N3O5S/c1-19(2,3)30-16(26)7-11-25-10-6-15-14(17(25)27)12-23-18(24-15)31(28,29)13-4-8-20(21,22)9-5-13/h12-13H,4-11H2,1-3H3. The van der Waals surface area contributed by atoms with Crippen molar-refractivity contribution in [1.29, 1.82) is 0 Å². The number of carbonyl (C=O) groups excluding carboxylic acids is 2. The lowest BCUT2D eigenvalue weighted by atomic mass is 9.96. The monoisotopic (exact) mass is 459 g/mol. The van der Waals surface area contributed by atoms with Crippen LogP contribution >= 0.6 is 0 Å². The summed E-state index contributed by atoms with van der Waals surface area (Å²) in [5, 5.41) is -1.37. The fraction of sp³-hybridized carbons (Fsp3) is 0.700. The number of halogens is 2. The van der Waals surface area contributed by atoms with Gasteiger partial charge in [0.2, 0.25) is 20.9 Å². The maximum Gasteiger partial charge on any atom is 0.308 e. The van der Waals surface area contributed by atoms with Crippen LogP contribution in [0.25, 0.3) is 0 Å². The van der Waals surface area contributed by atoms with Gasteiger partial charge in [-0.2, -0.15) is 0 Å². The Morgan fingerprint density at radius 1 is 1.29 bits per heavy atom.